The van der Waals surface area contributed by atoms with Crippen LogP contribution in [0.15, 0.2) is 42.7 Å². The number of aromatic nitrogens is 2. The molecule has 1 aromatic heterocycles. The van der Waals surface area contributed by atoms with Gasteiger partial charge in [0.2, 0.25) is 0 Å². The molecule has 0 spiro atoms. The molecule has 1 heterocycles. The van der Waals surface area contributed by atoms with Crippen molar-refractivity contribution in [3.63, 3.8) is 0 Å². The molecule has 1 aromatic carbocycles. The van der Waals surface area contributed by atoms with E-state index >= 15 is 0 Å². The average Bonchev–Trinajstić information content (AvgIpc) is 2.93. The van der Waals surface area contributed by atoms with Crippen LogP contribution in [0.3, 0.4) is 0 Å². The van der Waals surface area contributed by atoms with Crippen LogP contribution in [0.25, 0.3) is 5.69 Å². The summed E-state index contributed by atoms with van der Waals surface area (Å²) in [6.45, 7) is 5.13. The Morgan fingerprint density at radius 1 is 1.32 bits per heavy atom. The number of para-hydroxylation sites is 1. The van der Waals surface area contributed by atoms with Crippen molar-refractivity contribution in [3.05, 3.63) is 48.3 Å². The molecule has 0 aliphatic carbocycles. The van der Waals surface area contributed by atoms with Gasteiger partial charge in [0.15, 0.2) is 0 Å². The van der Waals surface area contributed by atoms with Gasteiger partial charge in [-0.3, -0.25) is 0 Å². The summed E-state index contributed by atoms with van der Waals surface area (Å²) in [6, 6.07) is 10.0. The lowest BCUT2D eigenvalue weighted by Gasteiger charge is -2.22. The van der Waals surface area contributed by atoms with Crippen LogP contribution in [0.1, 0.15) is 25.8 Å². The molecule has 102 valence electrons. The summed E-state index contributed by atoms with van der Waals surface area (Å²) >= 11 is 0. The molecule has 0 aliphatic heterocycles. The number of benzene rings is 1. The third-order valence-electron chi connectivity index (χ3n) is 3.33. The zero-order valence-electron chi connectivity index (χ0n) is 11.5. The third-order valence-corrected chi connectivity index (χ3v) is 3.33. The summed E-state index contributed by atoms with van der Waals surface area (Å²) in [5.74, 6) is 0. The Balaban J connectivity index is 2.05. The van der Waals surface area contributed by atoms with Crippen molar-refractivity contribution in [3.8, 4) is 5.69 Å². The maximum absolute atomic E-state index is 9.97. The standard InChI is InChI=1S/C15H21N3O/c1-3-15(2,19)12-16-11-13-7-4-5-8-14(13)18-10-6-9-17-18/h4-10,16,19H,3,11-12H2,1-2H3. The predicted octanol–water partition coefficient (Wildman–Crippen LogP) is 2.12. The van der Waals surface area contributed by atoms with E-state index in [9.17, 15) is 5.11 Å². The predicted molar refractivity (Wildman–Crippen MR) is 76.2 cm³/mol. The SMILES string of the molecule is CCC(C)(O)CNCc1ccccc1-n1cccn1. The van der Waals surface area contributed by atoms with Crippen LogP contribution in [-0.2, 0) is 6.54 Å². The molecule has 0 saturated heterocycles. The van der Waals surface area contributed by atoms with Crippen molar-refractivity contribution >= 4 is 0 Å². The van der Waals surface area contributed by atoms with E-state index in [4.69, 9.17) is 0 Å². The molecule has 1 unspecified atom stereocenters. The van der Waals surface area contributed by atoms with Gasteiger partial charge in [-0.15, -0.1) is 0 Å². The minimum Gasteiger partial charge on any atom is -0.389 e. The van der Waals surface area contributed by atoms with Crippen molar-refractivity contribution in [2.24, 2.45) is 0 Å². The van der Waals surface area contributed by atoms with Crippen LogP contribution in [0.2, 0.25) is 0 Å². The molecule has 0 fully saturated rings. The second-order valence-corrected chi connectivity index (χ2v) is 5.03. The number of rotatable bonds is 6. The minimum atomic E-state index is -0.652. The van der Waals surface area contributed by atoms with Gasteiger partial charge in [0.05, 0.1) is 11.3 Å². The summed E-state index contributed by atoms with van der Waals surface area (Å²) in [7, 11) is 0. The summed E-state index contributed by atoms with van der Waals surface area (Å²) < 4.78 is 1.86. The molecule has 0 amide bonds. The van der Waals surface area contributed by atoms with Gasteiger partial charge in [-0.25, -0.2) is 4.68 Å². The zero-order valence-corrected chi connectivity index (χ0v) is 11.5. The minimum absolute atomic E-state index is 0.580. The van der Waals surface area contributed by atoms with Gasteiger partial charge in [-0.2, -0.15) is 5.10 Å². The summed E-state index contributed by atoms with van der Waals surface area (Å²) in [6.07, 6.45) is 4.44. The Hall–Kier alpha value is -1.65. The second-order valence-electron chi connectivity index (χ2n) is 5.03. The highest BCUT2D eigenvalue weighted by atomic mass is 16.3. The topological polar surface area (TPSA) is 50.1 Å². The Morgan fingerprint density at radius 2 is 2.11 bits per heavy atom. The summed E-state index contributed by atoms with van der Waals surface area (Å²) in [5.41, 5.74) is 1.58. The van der Waals surface area contributed by atoms with Gasteiger partial charge in [0.25, 0.3) is 0 Å². The quantitative estimate of drug-likeness (QED) is 0.835. The molecule has 2 N–H and O–H groups in total. The zero-order chi connectivity index (χ0) is 13.7. The lowest BCUT2D eigenvalue weighted by molar-refractivity contribution is 0.0555. The Morgan fingerprint density at radius 3 is 2.79 bits per heavy atom. The first-order chi connectivity index (χ1) is 9.12. The first-order valence-electron chi connectivity index (χ1n) is 6.63. The Bertz CT molecular complexity index is 506. The maximum Gasteiger partial charge on any atom is 0.0741 e. The van der Waals surface area contributed by atoms with Crippen LogP contribution in [0, 0.1) is 0 Å². The van der Waals surface area contributed by atoms with Crippen molar-refractivity contribution in [2.45, 2.75) is 32.4 Å². The van der Waals surface area contributed by atoms with Crippen LogP contribution in [0.4, 0.5) is 0 Å². The van der Waals surface area contributed by atoms with Gasteiger partial charge in [-0.05, 0) is 31.0 Å². The Labute approximate surface area is 114 Å². The first kappa shape index (κ1) is 13.8. The van der Waals surface area contributed by atoms with Gasteiger partial charge in [0, 0.05) is 25.5 Å². The lowest BCUT2D eigenvalue weighted by Crippen LogP contribution is -2.36. The molecule has 0 bridgehead atoms. The van der Waals surface area contributed by atoms with E-state index in [-0.39, 0.29) is 0 Å². The number of hydrogen-bond donors (Lipinski definition) is 2. The average molecular weight is 259 g/mol. The molecular weight excluding hydrogens is 238 g/mol. The van der Waals surface area contributed by atoms with Crippen molar-refractivity contribution in [1.29, 1.82) is 0 Å². The van der Waals surface area contributed by atoms with E-state index in [0.717, 1.165) is 17.7 Å². The normalized spacial score (nSPS) is 14.3. The molecule has 19 heavy (non-hydrogen) atoms. The van der Waals surface area contributed by atoms with Crippen molar-refractivity contribution in [2.75, 3.05) is 6.54 Å². The smallest absolute Gasteiger partial charge is 0.0741 e. The van der Waals surface area contributed by atoms with Gasteiger partial charge >= 0.3 is 0 Å². The number of nitrogens with one attached hydrogen (secondary N) is 1. The van der Waals surface area contributed by atoms with E-state index in [0.29, 0.717) is 13.1 Å². The molecule has 2 aromatic rings. The van der Waals surface area contributed by atoms with E-state index in [1.165, 1.54) is 0 Å². The largest absolute Gasteiger partial charge is 0.389 e. The summed E-state index contributed by atoms with van der Waals surface area (Å²) in [5, 5.41) is 17.5. The monoisotopic (exact) mass is 259 g/mol. The van der Waals surface area contributed by atoms with Crippen LogP contribution < -0.4 is 5.32 Å². The molecule has 4 nitrogen and oxygen atoms in total. The van der Waals surface area contributed by atoms with E-state index < -0.39 is 5.60 Å². The molecule has 0 radical (unpaired) electrons. The highest BCUT2D eigenvalue weighted by Gasteiger charge is 2.16. The fraction of sp³-hybridized carbons (Fsp3) is 0.400. The highest BCUT2D eigenvalue weighted by Crippen LogP contribution is 2.14. The van der Waals surface area contributed by atoms with E-state index in [1.54, 1.807) is 6.20 Å². The number of aliphatic hydroxyl groups is 1. The lowest BCUT2D eigenvalue weighted by atomic mass is 10.0. The van der Waals surface area contributed by atoms with Gasteiger partial charge in [-0.1, -0.05) is 25.1 Å². The molecular formula is C15H21N3O. The van der Waals surface area contributed by atoms with E-state index in [1.807, 2.05) is 49.0 Å². The second kappa shape index (κ2) is 5.99. The van der Waals surface area contributed by atoms with E-state index in [2.05, 4.69) is 16.5 Å². The number of hydrogen-bond acceptors (Lipinski definition) is 3. The fourth-order valence-corrected chi connectivity index (χ4v) is 1.89. The van der Waals surface area contributed by atoms with Crippen LogP contribution >= 0.6 is 0 Å². The molecule has 0 saturated carbocycles. The van der Waals surface area contributed by atoms with Gasteiger partial charge < -0.3 is 10.4 Å². The highest BCUT2D eigenvalue weighted by molar-refractivity contribution is 5.40. The van der Waals surface area contributed by atoms with Crippen molar-refractivity contribution < 1.29 is 5.11 Å². The third kappa shape index (κ3) is 3.66. The molecule has 0 aliphatic rings. The molecule has 2 rings (SSSR count). The fourth-order valence-electron chi connectivity index (χ4n) is 1.89. The maximum atomic E-state index is 9.97. The number of nitrogens with zero attached hydrogens (tertiary/aromatic N) is 2. The Kier molecular flexibility index (Phi) is 4.35. The molecule has 4 heteroatoms. The van der Waals surface area contributed by atoms with Crippen LogP contribution in [0.5, 0.6) is 0 Å². The molecule has 1 atom stereocenters. The van der Waals surface area contributed by atoms with Crippen molar-refractivity contribution in [1.82, 2.24) is 15.1 Å². The van der Waals surface area contributed by atoms with Gasteiger partial charge in [0.1, 0.15) is 0 Å². The first-order valence-corrected chi connectivity index (χ1v) is 6.63. The van der Waals surface area contributed by atoms with Crippen LogP contribution in [-0.4, -0.2) is 27.0 Å². The summed E-state index contributed by atoms with van der Waals surface area (Å²) in [4.78, 5) is 0.